The highest BCUT2D eigenvalue weighted by molar-refractivity contribution is 5.65. The van der Waals surface area contributed by atoms with Gasteiger partial charge in [0.1, 0.15) is 0 Å². The molecule has 0 aliphatic heterocycles. The van der Waals surface area contributed by atoms with E-state index in [0.717, 1.165) is 6.42 Å². The molecule has 0 N–H and O–H groups in total. The molecule has 1 saturated carbocycles. The summed E-state index contributed by atoms with van der Waals surface area (Å²) in [6.45, 7) is 7.10. The van der Waals surface area contributed by atoms with Crippen molar-refractivity contribution in [1.29, 1.82) is 0 Å². The summed E-state index contributed by atoms with van der Waals surface area (Å²) >= 11 is 0. The van der Waals surface area contributed by atoms with Crippen LogP contribution in [0.4, 0.5) is 0 Å². The first-order valence-corrected chi connectivity index (χ1v) is 4.70. The molecule has 0 amide bonds. The summed E-state index contributed by atoms with van der Waals surface area (Å²) in [5, 5.41) is 3.07. The van der Waals surface area contributed by atoms with Gasteiger partial charge in [0.2, 0.25) is 0 Å². The molecule has 0 saturated heterocycles. The first kappa shape index (κ1) is 7.96. The van der Waals surface area contributed by atoms with E-state index >= 15 is 0 Å². The Hall–Kier alpha value is -0.660. The first-order valence-electron chi connectivity index (χ1n) is 4.70. The summed E-state index contributed by atoms with van der Waals surface area (Å²) in [4.78, 5) is 10.3. The molecule has 0 heterocycles. The lowest BCUT2D eigenvalue weighted by molar-refractivity contribution is 0.310. The van der Waals surface area contributed by atoms with Gasteiger partial charge >= 0.3 is 0 Å². The third kappa shape index (κ3) is 0.661. The number of hydrogen-bond acceptors (Lipinski definition) is 2. The average molecular weight is 165 g/mol. The highest BCUT2D eigenvalue weighted by Gasteiger charge is 2.73. The van der Waals surface area contributed by atoms with Gasteiger partial charge in [-0.25, -0.2) is 0 Å². The Balaban J connectivity index is 2.13. The van der Waals surface area contributed by atoms with Crippen LogP contribution in [0.15, 0.2) is 16.3 Å². The topological polar surface area (TPSA) is 29.4 Å². The van der Waals surface area contributed by atoms with Crippen molar-refractivity contribution < 1.29 is 0 Å². The van der Waals surface area contributed by atoms with Gasteiger partial charge in [0.25, 0.3) is 0 Å². The van der Waals surface area contributed by atoms with Crippen LogP contribution in [0.3, 0.4) is 0 Å². The zero-order valence-corrected chi connectivity index (χ0v) is 7.92. The molecule has 0 aromatic rings. The van der Waals surface area contributed by atoms with E-state index in [1.165, 1.54) is 5.57 Å². The molecule has 0 spiro atoms. The van der Waals surface area contributed by atoms with Crippen LogP contribution in [0.5, 0.6) is 0 Å². The van der Waals surface area contributed by atoms with Crippen LogP contribution in [-0.4, -0.2) is 6.54 Å². The Labute approximate surface area is 73.0 Å². The minimum Gasteiger partial charge on any atom is -0.151 e. The van der Waals surface area contributed by atoms with Gasteiger partial charge in [0.15, 0.2) is 0 Å². The predicted molar refractivity (Wildman–Crippen MR) is 48.7 cm³/mol. The molecule has 2 nitrogen and oxygen atoms in total. The largest absolute Gasteiger partial charge is 0.151 e. The van der Waals surface area contributed by atoms with Gasteiger partial charge in [-0.15, -0.1) is 0 Å². The molecule has 0 radical (unpaired) electrons. The molecule has 12 heavy (non-hydrogen) atoms. The van der Waals surface area contributed by atoms with E-state index in [0.29, 0.717) is 18.4 Å². The fraction of sp³-hybridized carbons (Fsp3) is 0.800. The summed E-state index contributed by atoms with van der Waals surface area (Å²) in [7, 11) is 0. The van der Waals surface area contributed by atoms with Gasteiger partial charge in [0, 0.05) is 11.3 Å². The van der Waals surface area contributed by atoms with Crippen LogP contribution in [0.2, 0.25) is 0 Å². The van der Waals surface area contributed by atoms with E-state index in [2.05, 4.69) is 25.9 Å². The van der Waals surface area contributed by atoms with Crippen LogP contribution in [-0.2, 0) is 0 Å². The fourth-order valence-corrected chi connectivity index (χ4v) is 2.75. The molecule has 2 heteroatoms. The van der Waals surface area contributed by atoms with E-state index in [1.807, 2.05) is 0 Å². The van der Waals surface area contributed by atoms with Crippen LogP contribution in [0.25, 0.3) is 0 Å². The van der Waals surface area contributed by atoms with Gasteiger partial charge < -0.3 is 0 Å². The van der Waals surface area contributed by atoms with E-state index in [4.69, 9.17) is 0 Å². The zero-order chi connectivity index (χ0) is 8.93. The Morgan fingerprint density at radius 1 is 1.67 bits per heavy atom. The minimum atomic E-state index is 0.237. The van der Waals surface area contributed by atoms with Gasteiger partial charge in [-0.3, -0.25) is 0 Å². The number of hydrogen-bond donors (Lipinski definition) is 0. The van der Waals surface area contributed by atoms with Crippen molar-refractivity contribution in [2.75, 3.05) is 6.54 Å². The fourth-order valence-electron chi connectivity index (χ4n) is 2.75. The van der Waals surface area contributed by atoms with Crippen molar-refractivity contribution in [3.8, 4) is 0 Å². The zero-order valence-electron chi connectivity index (χ0n) is 7.92. The Morgan fingerprint density at radius 2 is 2.25 bits per heavy atom. The van der Waals surface area contributed by atoms with Gasteiger partial charge in [0.05, 0.1) is 6.54 Å². The number of nitroso groups, excluding NO2 is 1. The molecule has 2 aliphatic rings. The molecule has 0 aromatic carbocycles. The number of allylic oxidation sites excluding steroid dienone is 1. The second kappa shape index (κ2) is 2.18. The summed E-state index contributed by atoms with van der Waals surface area (Å²) in [5.41, 5.74) is 3.32. The van der Waals surface area contributed by atoms with Crippen molar-refractivity contribution >= 4 is 0 Å². The normalized spacial score (nSPS) is 39.1. The minimum absolute atomic E-state index is 0.237. The van der Waals surface area contributed by atoms with E-state index < -0.39 is 0 Å². The number of nitrogens with zero attached hydrogens (tertiary/aromatic N) is 1. The van der Waals surface area contributed by atoms with Crippen LogP contribution >= 0.6 is 0 Å². The summed E-state index contributed by atoms with van der Waals surface area (Å²) in [6, 6.07) is 0. The van der Waals surface area contributed by atoms with Gasteiger partial charge in [-0.1, -0.05) is 36.6 Å². The van der Waals surface area contributed by atoms with Crippen molar-refractivity contribution in [2.45, 2.75) is 27.2 Å². The van der Waals surface area contributed by atoms with Crippen molar-refractivity contribution in [2.24, 2.45) is 22.4 Å². The molecule has 0 aromatic heterocycles. The van der Waals surface area contributed by atoms with E-state index in [1.54, 1.807) is 5.57 Å². The molecule has 2 aliphatic carbocycles. The summed E-state index contributed by atoms with van der Waals surface area (Å²) in [6.07, 6.45) is 1.16. The molecule has 1 fully saturated rings. The second-order valence-electron chi connectivity index (χ2n) is 4.17. The van der Waals surface area contributed by atoms with Crippen molar-refractivity contribution in [3.05, 3.63) is 16.1 Å². The first-order chi connectivity index (χ1) is 5.70. The maximum absolute atomic E-state index is 10.3. The lowest BCUT2D eigenvalue weighted by Gasteiger charge is -2.23. The smallest absolute Gasteiger partial charge is 0.0916 e. The maximum atomic E-state index is 10.3. The molecular weight excluding hydrogens is 150 g/mol. The quantitative estimate of drug-likeness (QED) is 0.465. The van der Waals surface area contributed by atoms with Crippen LogP contribution in [0, 0.1) is 22.2 Å². The molecule has 2 rings (SSSR count). The van der Waals surface area contributed by atoms with Gasteiger partial charge in [-0.2, -0.15) is 4.91 Å². The highest BCUT2D eigenvalue weighted by Crippen LogP contribution is 2.79. The Kier molecular flexibility index (Phi) is 1.45. The van der Waals surface area contributed by atoms with Crippen LogP contribution < -0.4 is 0 Å². The van der Waals surface area contributed by atoms with Crippen molar-refractivity contribution in [3.63, 3.8) is 0 Å². The highest BCUT2D eigenvalue weighted by atomic mass is 16.3. The Bertz CT molecular complexity index is 269. The number of rotatable bonds is 4. The van der Waals surface area contributed by atoms with E-state index in [-0.39, 0.29) is 5.41 Å². The third-order valence-corrected chi connectivity index (χ3v) is 3.81. The lowest BCUT2D eigenvalue weighted by atomic mass is 9.81. The molecule has 0 bridgehead atoms. The van der Waals surface area contributed by atoms with Gasteiger partial charge in [-0.05, 0) is 12.8 Å². The maximum Gasteiger partial charge on any atom is 0.0916 e. The van der Waals surface area contributed by atoms with Crippen molar-refractivity contribution in [1.82, 2.24) is 0 Å². The standard InChI is InChI=1S/C10H15NO/c1-4-6(2)10(5-11-12)8-7(3)9(8)10/h6,8H,4-5H2,1-3H3/t6?,8-,10+/m0/s1. The Morgan fingerprint density at radius 3 is 2.58 bits per heavy atom. The molecule has 66 valence electrons. The lowest BCUT2D eigenvalue weighted by Crippen LogP contribution is -2.22. The third-order valence-electron chi connectivity index (χ3n) is 3.81. The van der Waals surface area contributed by atoms with Crippen LogP contribution in [0.1, 0.15) is 27.2 Å². The SMILES string of the molecule is CCC(C)[C@@]1(CN=O)C2=C(C)[C@@H]21. The molecule has 3 atom stereocenters. The molecular formula is C10H15NO. The average Bonchev–Trinajstić information content (AvgIpc) is 2.92. The summed E-state index contributed by atoms with van der Waals surface area (Å²) in [5.74, 6) is 1.32. The number of fused-ring (bicyclic) bond motifs is 1. The second-order valence-corrected chi connectivity index (χ2v) is 4.17. The summed E-state index contributed by atoms with van der Waals surface area (Å²) < 4.78 is 0. The monoisotopic (exact) mass is 165 g/mol. The van der Waals surface area contributed by atoms with E-state index in [9.17, 15) is 4.91 Å². The predicted octanol–water partition coefficient (Wildman–Crippen LogP) is 2.75. The molecule has 1 unspecified atom stereocenters.